The van der Waals surface area contributed by atoms with Crippen LogP contribution in [0.15, 0.2) is 0 Å². The van der Waals surface area contributed by atoms with Crippen molar-refractivity contribution in [2.75, 3.05) is 33.3 Å². The smallest absolute Gasteiger partial charge is 0.324 e. The number of methoxy groups -OCH3 is 1. The summed E-state index contributed by atoms with van der Waals surface area (Å²) in [6.07, 6.45) is 6.39. The van der Waals surface area contributed by atoms with E-state index in [1.807, 2.05) is 0 Å². The molecule has 3 aliphatic rings. The number of nitrogens with zero attached hydrogens (tertiary/aromatic N) is 2. The van der Waals surface area contributed by atoms with Crippen molar-refractivity contribution in [1.82, 2.24) is 15.1 Å². The van der Waals surface area contributed by atoms with E-state index >= 15 is 0 Å². The van der Waals surface area contributed by atoms with Crippen molar-refractivity contribution in [3.05, 3.63) is 0 Å². The van der Waals surface area contributed by atoms with Crippen LogP contribution in [0, 0.1) is 0 Å². The lowest BCUT2D eigenvalue weighted by atomic mass is 9.97. The molecule has 21 heavy (non-hydrogen) atoms. The first kappa shape index (κ1) is 15.3. The summed E-state index contributed by atoms with van der Waals surface area (Å²) in [6.45, 7) is 6.57. The Kier molecular flexibility index (Phi) is 4.82. The number of esters is 1. The highest BCUT2D eigenvalue weighted by atomic mass is 16.5. The zero-order valence-corrected chi connectivity index (χ0v) is 13.4. The molecular formula is C16H29N3O2. The van der Waals surface area contributed by atoms with E-state index in [1.54, 1.807) is 0 Å². The van der Waals surface area contributed by atoms with E-state index in [0.29, 0.717) is 18.1 Å². The molecule has 0 bridgehead atoms. The van der Waals surface area contributed by atoms with Gasteiger partial charge in [0.25, 0.3) is 0 Å². The Morgan fingerprint density at radius 2 is 2.10 bits per heavy atom. The maximum Gasteiger partial charge on any atom is 0.324 e. The lowest BCUT2D eigenvalue weighted by Gasteiger charge is -2.48. The largest absolute Gasteiger partial charge is 0.468 e. The Balaban J connectivity index is 1.59. The van der Waals surface area contributed by atoms with Gasteiger partial charge in [0, 0.05) is 37.8 Å². The van der Waals surface area contributed by atoms with Crippen molar-refractivity contribution in [3.8, 4) is 0 Å². The molecule has 2 saturated heterocycles. The van der Waals surface area contributed by atoms with Crippen LogP contribution in [0.3, 0.4) is 0 Å². The Labute approximate surface area is 128 Å². The van der Waals surface area contributed by atoms with Crippen molar-refractivity contribution in [1.29, 1.82) is 0 Å². The average Bonchev–Trinajstić information content (AvgIpc) is 3.30. The number of hydrogen-bond acceptors (Lipinski definition) is 5. The van der Waals surface area contributed by atoms with Crippen molar-refractivity contribution in [2.45, 2.75) is 63.2 Å². The van der Waals surface area contributed by atoms with Gasteiger partial charge in [0.1, 0.15) is 6.04 Å². The highest BCUT2D eigenvalue weighted by Gasteiger charge is 2.36. The molecule has 3 unspecified atom stereocenters. The van der Waals surface area contributed by atoms with Crippen LogP contribution >= 0.6 is 0 Å². The van der Waals surface area contributed by atoms with Gasteiger partial charge >= 0.3 is 5.97 Å². The first-order valence-electron chi connectivity index (χ1n) is 8.49. The normalized spacial score (nSPS) is 32.5. The maximum absolute atomic E-state index is 12.0. The van der Waals surface area contributed by atoms with Gasteiger partial charge in [-0.2, -0.15) is 0 Å². The Morgan fingerprint density at radius 1 is 1.29 bits per heavy atom. The molecule has 120 valence electrons. The van der Waals surface area contributed by atoms with Crippen molar-refractivity contribution < 1.29 is 9.53 Å². The average molecular weight is 295 g/mol. The minimum absolute atomic E-state index is 0.111. The van der Waals surface area contributed by atoms with Crippen LogP contribution in [0.2, 0.25) is 0 Å². The van der Waals surface area contributed by atoms with Gasteiger partial charge in [-0.15, -0.1) is 0 Å². The molecule has 3 atom stereocenters. The lowest BCUT2D eigenvalue weighted by Crippen LogP contribution is -2.61. The van der Waals surface area contributed by atoms with Gasteiger partial charge in [0.05, 0.1) is 7.11 Å². The second kappa shape index (κ2) is 6.63. The van der Waals surface area contributed by atoms with E-state index in [4.69, 9.17) is 4.74 Å². The quantitative estimate of drug-likeness (QED) is 0.762. The topological polar surface area (TPSA) is 44.8 Å². The summed E-state index contributed by atoms with van der Waals surface area (Å²) >= 11 is 0. The van der Waals surface area contributed by atoms with E-state index in [-0.39, 0.29) is 12.0 Å². The van der Waals surface area contributed by atoms with Gasteiger partial charge in [0.2, 0.25) is 0 Å². The van der Waals surface area contributed by atoms with Crippen molar-refractivity contribution >= 4 is 5.97 Å². The highest BCUT2D eigenvalue weighted by molar-refractivity contribution is 5.76. The Hall–Kier alpha value is -0.650. The number of rotatable bonds is 5. The van der Waals surface area contributed by atoms with Gasteiger partial charge in [-0.3, -0.25) is 14.6 Å². The van der Waals surface area contributed by atoms with Gasteiger partial charge < -0.3 is 10.1 Å². The molecule has 1 aliphatic carbocycles. The van der Waals surface area contributed by atoms with Gasteiger partial charge in [-0.1, -0.05) is 6.42 Å². The SMILES string of the molecule is COC(=O)C(CN1CC2CCCCN2CC1C)NC1CC1. The van der Waals surface area contributed by atoms with Crippen LogP contribution in [0.25, 0.3) is 0 Å². The van der Waals surface area contributed by atoms with Gasteiger partial charge in [-0.05, 0) is 39.2 Å². The second-order valence-corrected chi connectivity index (χ2v) is 6.96. The van der Waals surface area contributed by atoms with E-state index < -0.39 is 0 Å². The molecule has 5 nitrogen and oxygen atoms in total. The highest BCUT2D eigenvalue weighted by Crippen LogP contribution is 2.25. The summed E-state index contributed by atoms with van der Waals surface area (Å²) in [5.41, 5.74) is 0. The molecule has 2 heterocycles. The van der Waals surface area contributed by atoms with Crippen LogP contribution in [0.5, 0.6) is 0 Å². The first-order valence-corrected chi connectivity index (χ1v) is 8.49. The Morgan fingerprint density at radius 3 is 2.81 bits per heavy atom. The summed E-state index contributed by atoms with van der Waals surface area (Å²) in [6, 6.07) is 1.57. The molecule has 1 N–H and O–H groups in total. The van der Waals surface area contributed by atoms with Crippen LogP contribution in [-0.2, 0) is 9.53 Å². The van der Waals surface area contributed by atoms with E-state index in [2.05, 4.69) is 22.0 Å². The predicted molar refractivity (Wildman–Crippen MR) is 82.2 cm³/mol. The summed E-state index contributed by atoms with van der Waals surface area (Å²) in [4.78, 5) is 17.2. The third-order valence-corrected chi connectivity index (χ3v) is 5.23. The van der Waals surface area contributed by atoms with Gasteiger partial charge in [0.15, 0.2) is 0 Å². The third-order valence-electron chi connectivity index (χ3n) is 5.23. The minimum atomic E-state index is -0.167. The molecule has 5 heteroatoms. The Bertz CT molecular complexity index is 373. The minimum Gasteiger partial charge on any atom is -0.468 e. The van der Waals surface area contributed by atoms with E-state index in [0.717, 1.165) is 19.6 Å². The van der Waals surface area contributed by atoms with Crippen molar-refractivity contribution in [2.24, 2.45) is 0 Å². The third kappa shape index (κ3) is 3.76. The fourth-order valence-electron chi connectivity index (χ4n) is 3.77. The monoisotopic (exact) mass is 295 g/mol. The number of nitrogens with one attached hydrogen (secondary N) is 1. The summed E-state index contributed by atoms with van der Waals surface area (Å²) in [5.74, 6) is -0.111. The summed E-state index contributed by atoms with van der Waals surface area (Å²) < 4.78 is 4.99. The van der Waals surface area contributed by atoms with Crippen LogP contribution in [0.1, 0.15) is 39.0 Å². The van der Waals surface area contributed by atoms with Crippen LogP contribution < -0.4 is 5.32 Å². The number of fused-ring (bicyclic) bond motifs is 1. The first-order chi connectivity index (χ1) is 10.2. The number of hydrogen-bond donors (Lipinski definition) is 1. The molecular weight excluding hydrogens is 266 g/mol. The second-order valence-electron chi connectivity index (χ2n) is 6.96. The lowest BCUT2D eigenvalue weighted by molar-refractivity contribution is -0.144. The zero-order chi connectivity index (χ0) is 14.8. The maximum atomic E-state index is 12.0. The molecule has 0 aromatic heterocycles. The molecule has 0 aromatic carbocycles. The number of piperazine rings is 1. The standard InChI is InChI=1S/C16H29N3O2/c1-12-9-18-8-4-3-5-14(18)10-19(12)11-15(16(20)21-2)17-13-6-7-13/h12-15,17H,3-11H2,1-2H3. The molecule has 0 radical (unpaired) electrons. The van der Waals surface area contributed by atoms with Crippen LogP contribution in [0.4, 0.5) is 0 Å². The van der Waals surface area contributed by atoms with E-state index in [9.17, 15) is 4.79 Å². The molecule has 0 aromatic rings. The number of carbonyl (C=O) groups excluding carboxylic acids is 1. The van der Waals surface area contributed by atoms with E-state index in [1.165, 1.54) is 45.8 Å². The van der Waals surface area contributed by atoms with Gasteiger partial charge in [-0.25, -0.2) is 0 Å². The van der Waals surface area contributed by atoms with Crippen molar-refractivity contribution in [3.63, 3.8) is 0 Å². The van der Waals surface area contributed by atoms with Crippen LogP contribution in [-0.4, -0.2) is 73.2 Å². The number of carbonyl (C=O) groups is 1. The molecule has 3 fully saturated rings. The molecule has 2 aliphatic heterocycles. The number of piperidine rings is 1. The predicted octanol–water partition coefficient (Wildman–Crippen LogP) is 0.839. The summed E-state index contributed by atoms with van der Waals surface area (Å²) in [7, 11) is 1.49. The molecule has 1 saturated carbocycles. The molecule has 0 spiro atoms. The summed E-state index contributed by atoms with van der Waals surface area (Å²) in [5, 5.41) is 3.45. The molecule has 0 amide bonds. The molecule has 3 rings (SSSR count). The number of ether oxygens (including phenoxy) is 1. The fourth-order valence-corrected chi connectivity index (χ4v) is 3.77. The zero-order valence-electron chi connectivity index (χ0n) is 13.4. The fraction of sp³-hybridized carbons (Fsp3) is 0.938.